The predicted octanol–water partition coefficient (Wildman–Crippen LogP) is 3.89. The van der Waals surface area contributed by atoms with E-state index in [2.05, 4.69) is 27.8 Å². The third-order valence-corrected chi connectivity index (χ3v) is 5.59. The SMILES string of the molecule is CN=C(NCCCOCC1CCCO1)NCc1ccc(OC)c(OC2CCCC2)c1.I. The fraction of sp³-hybridized carbons (Fsp3) is 0.696. The molecule has 2 fully saturated rings. The van der Waals surface area contributed by atoms with Gasteiger partial charge in [0.1, 0.15) is 0 Å². The Morgan fingerprint density at radius 1 is 1.13 bits per heavy atom. The molecule has 1 saturated heterocycles. The van der Waals surface area contributed by atoms with Crippen LogP contribution in [0.3, 0.4) is 0 Å². The van der Waals surface area contributed by atoms with Gasteiger partial charge in [-0.3, -0.25) is 4.99 Å². The minimum Gasteiger partial charge on any atom is -0.493 e. The third kappa shape index (κ3) is 9.02. The third-order valence-electron chi connectivity index (χ3n) is 5.59. The van der Waals surface area contributed by atoms with E-state index in [1.54, 1.807) is 14.2 Å². The molecule has 0 radical (unpaired) electrons. The molecule has 1 aliphatic heterocycles. The second-order valence-electron chi connectivity index (χ2n) is 7.93. The zero-order valence-corrected chi connectivity index (χ0v) is 21.2. The van der Waals surface area contributed by atoms with E-state index in [1.807, 2.05) is 6.07 Å². The van der Waals surface area contributed by atoms with Crippen LogP contribution in [0.4, 0.5) is 0 Å². The average Bonchev–Trinajstić information content (AvgIpc) is 3.47. The van der Waals surface area contributed by atoms with E-state index in [9.17, 15) is 0 Å². The molecule has 2 N–H and O–H groups in total. The van der Waals surface area contributed by atoms with Gasteiger partial charge in [-0.05, 0) is 62.6 Å². The molecule has 0 spiro atoms. The van der Waals surface area contributed by atoms with Crippen molar-refractivity contribution in [3.63, 3.8) is 0 Å². The molecule has 3 rings (SSSR count). The van der Waals surface area contributed by atoms with Gasteiger partial charge < -0.3 is 29.6 Å². The van der Waals surface area contributed by atoms with Crippen molar-refractivity contribution in [1.82, 2.24) is 10.6 Å². The Morgan fingerprint density at radius 3 is 2.68 bits per heavy atom. The van der Waals surface area contributed by atoms with Gasteiger partial charge in [0, 0.05) is 33.4 Å². The Labute approximate surface area is 203 Å². The lowest BCUT2D eigenvalue weighted by atomic mass is 10.2. The summed E-state index contributed by atoms with van der Waals surface area (Å²) in [5.41, 5.74) is 1.13. The van der Waals surface area contributed by atoms with E-state index in [4.69, 9.17) is 18.9 Å². The minimum absolute atomic E-state index is 0. The van der Waals surface area contributed by atoms with Crippen molar-refractivity contribution in [1.29, 1.82) is 0 Å². The molecule has 31 heavy (non-hydrogen) atoms. The van der Waals surface area contributed by atoms with Crippen LogP contribution in [0.15, 0.2) is 23.2 Å². The van der Waals surface area contributed by atoms with Crippen molar-refractivity contribution in [2.45, 2.75) is 63.7 Å². The zero-order chi connectivity index (χ0) is 21.0. The Bertz CT molecular complexity index is 662. The lowest BCUT2D eigenvalue weighted by Gasteiger charge is -2.17. The van der Waals surface area contributed by atoms with Gasteiger partial charge in [0.2, 0.25) is 0 Å². The zero-order valence-electron chi connectivity index (χ0n) is 18.9. The molecule has 8 heteroatoms. The molecule has 2 aliphatic rings. The molecule has 1 heterocycles. The molecule has 7 nitrogen and oxygen atoms in total. The van der Waals surface area contributed by atoms with Crippen LogP contribution in [0.1, 0.15) is 50.5 Å². The first-order chi connectivity index (χ1) is 14.8. The van der Waals surface area contributed by atoms with Crippen molar-refractivity contribution in [2.24, 2.45) is 4.99 Å². The molecule has 1 aromatic carbocycles. The molecule has 0 amide bonds. The molecule has 0 bridgehead atoms. The molecular weight excluding hydrogens is 509 g/mol. The smallest absolute Gasteiger partial charge is 0.191 e. The molecule has 176 valence electrons. The number of halogens is 1. The highest BCUT2D eigenvalue weighted by atomic mass is 127. The van der Waals surface area contributed by atoms with Gasteiger partial charge in [-0.25, -0.2) is 0 Å². The maximum atomic E-state index is 6.19. The number of hydrogen-bond acceptors (Lipinski definition) is 5. The predicted molar refractivity (Wildman–Crippen MR) is 134 cm³/mol. The lowest BCUT2D eigenvalue weighted by Crippen LogP contribution is -2.37. The largest absolute Gasteiger partial charge is 0.493 e. The summed E-state index contributed by atoms with van der Waals surface area (Å²) in [6, 6.07) is 6.10. The summed E-state index contributed by atoms with van der Waals surface area (Å²) < 4.78 is 22.9. The highest BCUT2D eigenvalue weighted by Gasteiger charge is 2.18. The summed E-state index contributed by atoms with van der Waals surface area (Å²) in [5.74, 6) is 2.40. The van der Waals surface area contributed by atoms with Crippen molar-refractivity contribution < 1.29 is 18.9 Å². The van der Waals surface area contributed by atoms with E-state index in [0.717, 1.165) is 74.9 Å². The van der Waals surface area contributed by atoms with Crippen molar-refractivity contribution in [3.8, 4) is 11.5 Å². The van der Waals surface area contributed by atoms with Crippen LogP contribution in [-0.2, 0) is 16.0 Å². The van der Waals surface area contributed by atoms with Crippen LogP contribution in [0.5, 0.6) is 11.5 Å². The second kappa shape index (κ2) is 14.7. The normalized spacial score (nSPS) is 19.2. The summed E-state index contributed by atoms with van der Waals surface area (Å²) >= 11 is 0. The lowest BCUT2D eigenvalue weighted by molar-refractivity contribution is 0.0168. The first kappa shape index (κ1) is 26.0. The van der Waals surface area contributed by atoms with Crippen molar-refractivity contribution >= 4 is 29.9 Å². The number of nitrogens with one attached hydrogen (secondary N) is 2. The molecular formula is C23H38IN3O4. The van der Waals surface area contributed by atoms with Crippen LogP contribution in [-0.4, -0.2) is 58.7 Å². The van der Waals surface area contributed by atoms with Crippen LogP contribution in [0.25, 0.3) is 0 Å². The Balaban J connectivity index is 0.00000341. The summed E-state index contributed by atoms with van der Waals surface area (Å²) in [6.45, 7) is 3.78. The van der Waals surface area contributed by atoms with Crippen LogP contribution in [0, 0.1) is 0 Å². The number of methoxy groups -OCH3 is 1. The topological polar surface area (TPSA) is 73.3 Å². The maximum Gasteiger partial charge on any atom is 0.191 e. The van der Waals surface area contributed by atoms with Crippen LogP contribution >= 0.6 is 24.0 Å². The molecule has 1 saturated carbocycles. The summed E-state index contributed by atoms with van der Waals surface area (Å²) in [4.78, 5) is 4.30. The number of benzene rings is 1. The Morgan fingerprint density at radius 2 is 1.97 bits per heavy atom. The summed E-state index contributed by atoms with van der Waals surface area (Å²) in [7, 11) is 3.47. The number of guanidine groups is 1. The number of nitrogens with zero attached hydrogens (tertiary/aromatic N) is 1. The number of hydrogen-bond donors (Lipinski definition) is 2. The quantitative estimate of drug-likeness (QED) is 0.190. The fourth-order valence-electron chi connectivity index (χ4n) is 3.89. The van der Waals surface area contributed by atoms with Gasteiger partial charge in [-0.1, -0.05) is 6.07 Å². The molecule has 1 aliphatic carbocycles. The highest BCUT2D eigenvalue weighted by molar-refractivity contribution is 14.0. The van der Waals surface area contributed by atoms with Gasteiger partial charge in [0.15, 0.2) is 17.5 Å². The molecule has 1 aromatic rings. The van der Waals surface area contributed by atoms with Gasteiger partial charge in [-0.15, -0.1) is 24.0 Å². The minimum atomic E-state index is 0. The van der Waals surface area contributed by atoms with E-state index in [-0.39, 0.29) is 24.0 Å². The Kier molecular flexibility index (Phi) is 12.4. The van der Waals surface area contributed by atoms with E-state index in [0.29, 0.717) is 25.4 Å². The molecule has 1 unspecified atom stereocenters. The Hall–Kier alpha value is -1.26. The maximum absolute atomic E-state index is 6.19. The highest BCUT2D eigenvalue weighted by Crippen LogP contribution is 2.32. The number of rotatable bonds is 11. The van der Waals surface area contributed by atoms with Crippen LogP contribution < -0.4 is 20.1 Å². The summed E-state index contributed by atoms with van der Waals surface area (Å²) in [5, 5.41) is 6.70. The number of aliphatic imine (C=N–C) groups is 1. The monoisotopic (exact) mass is 547 g/mol. The number of ether oxygens (including phenoxy) is 4. The first-order valence-electron chi connectivity index (χ1n) is 11.3. The fourth-order valence-corrected chi connectivity index (χ4v) is 3.89. The van der Waals surface area contributed by atoms with E-state index in [1.165, 1.54) is 12.8 Å². The second-order valence-corrected chi connectivity index (χ2v) is 7.93. The summed E-state index contributed by atoms with van der Waals surface area (Å²) in [6.07, 6.45) is 8.53. The van der Waals surface area contributed by atoms with E-state index >= 15 is 0 Å². The van der Waals surface area contributed by atoms with Crippen LogP contribution in [0.2, 0.25) is 0 Å². The van der Waals surface area contributed by atoms with Crippen molar-refractivity contribution in [2.75, 3.05) is 40.5 Å². The average molecular weight is 547 g/mol. The molecule has 0 aromatic heterocycles. The first-order valence-corrected chi connectivity index (χ1v) is 11.3. The van der Waals surface area contributed by atoms with Gasteiger partial charge in [-0.2, -0.15) is 0 Å². The van der Waals surface area contributed by atoms with Gasteiger partial charge in [0.25, 0.3) is 0 Å². The van der Waals surface area contributed by atoms with E-state index < -0.39 is 0 Å². The standard InChI is InChI=1S/C23H37N3O4.HI/c1-24-23(25-12-6-13-28-17-20-9-5-14-29-20)26-16-18-10-11-21(27-2)22(15-18)30-19-7-3-4-8-19;/h10-11,15,19-20H,3-9,12-14,16-17H2,1-2H3,(H2,24,25,26);1H. The molecule has 1 atom stereocenters. The van der Waals surface area contributed by atoms with Gasteiger partial charge in [0.05, 0.1) is 25.9 Å². The van der Waals surface area contributed by atoms with Crippen molar-refractivity contribution in [3.05, 3.63) is 23.8 Å². The van der Waals surface area contributed by atoms with Gasteiger partial charge >= 0.3 is 0 Å².